The predicted octanol–water partition coefficient (Wildman–Crippen LogP) is 2.10. The fraction of sp³-hybridized carbons (Fsp3) is 0.588. The molecule has 21 heavy (non-hydrogen) atoms. The van der Waals surface area contributed by atoms with Crippen molar-refractivity contribution >= 4 is 17.3 Å². The van der Waals surface area contributed by atoms with E-state index < -0.39 is 0 Å². The molecule has 1 aromatic carbocycles. The van der Waals surface area contributed by atoms with Crippen molar-refractivity contribution in [2.24, 2.45) is 5.92 Å². The molecule has 4 nitrogen and oxygen atoms in total. The number of carbonyl (C=O) groups excluding carboxylic acids is 1. The second-order valence-corrected chi connectivity index (χ2v) is 6.65. The second kappa shape index (κ2) is 5.02. The summed E-state index contributed by atoms with van der Waals surface area (Å²) in [6.45, 7) is 6.25. The van der Waals surface area contributed by atoms with E-state index in [1.165, 1.54) is 43.7 Å². The van der Waals surface area contributed by atoms with Crippen molar-refractivity contribution < 1.29 is 4.79 Å². The molecule has 4 heteroatoms. The number of hydrogen-bond acceptors (Lipinski definition) is 3. The highest BCUT2D eigenvalue weighted by atomic mass is 16.2. The lowest BCUT2D eigenvalue weighted by atomic mass is 9.94. The third kappa shape index (κ3) is 2.31. The van der Waals surface area contributed by atoms with E-state index in [0.717, 1.165) is 24.6 Å². The molecule has 3 unspecified atom stereocenters. The molecule has 2 fully saturated rings. The van der Waals surface area contributed by atoms with Gasteiger partial charge in [-0.25, -0.2) is 0 Å². The molecule has 2 saturated heterocycles. The van der Waals surface area contributed by atoms with Crippen LogP contribution < -0.4 is 10.2 Å². The van der Waals surface area contributed by atoms with Crippen molar-refractivity contribution in [3.05, 3.63) is 23.8 Å². The summed E-state index contributed by atoms with van der Waals surface area (Å²) in [4.78, 5) is 16.1. The van der Waals surface area contributed by atoms with Crippen LogP contribution in [0.15, 0.2) is 18.2 Å². The third-order valence-electron chi connectivity index (χ3n) is 5.34. The van der Waals surface area contributed by atoms with E-state index in [2.05, 4.69) is 28.4 Å². The van der Waals surface area contributed by atoms with Gasteiger partial charge in [-0.3, -0.25) is 4.79 Å². The van der Waals surface area contributed by atoms with Gasteiger partial charge in [0.05, 0.1) is 0 Å². The smallest absolute Gasteiger partial charge is 0.223 e. The van der Waals surface area contributed by atoms with Crippen LogP contribution in [0.1, 0.15) is 25.3 Å². The Bertz CT molecular complexity index is 571. The Morgan fingerprint density at radius 3 is 2.95 bits per heavy atom. The molecule has 4 rings (SSSR count). The first-order valence-electron chi connectivity index (χ1n) is 8.10. The van der Waals surface area contributed by atoms with Crippen molar-refractivity contribution in [2.45, 2.75) is 32.2 Å². The van der Waals surface area contributed by atoms with Crippen molar-refractivity contribution in [3.63, 3.8) is 0 Å². The Hall–Kier alpha value is -1.55. The Balaban J connectivity index is 1.51. The van der Waals surface area contributed by atoms with Gasteiger partial charge in [-0.2, -0.15) is 0 Å². The molecule has 0 aliphatic carbocycles. The normalized spacial score (nSPS) is 30.3. The number of benzene rings is 1. The maximum atomic E-state index is 11.6. The topological polar surface area (TPSA) is 35.6 Å². The van der Waals surface area contributed by atoms with Gasteiger partial charge in [-0.05, 0) is 55.5 Å². The lowest BCUT2D eigenvalue weighted by Gasteiger charge is -2.31. The van der Waals surface area contributed by atoms with Crippen molar-refractivity contribution in [1.29, 1.82) is 0 Å². The number of nitrogens with zero attached hydrogens (tertiary/aromatic N) is 2. The monoisotopic (exact) mass is 285 g/mol. The molecule has 1 amide bonds. The van der Waals surface area contributed by atoms with Crippen LogP contribution >= 0.6 is 0 Å². The quantitative estimate of drug-likeness (QED) is 0.904. The zero-order valence-electron chi connectivity index (χ0n) is 12.6. The molecular formula is C17H23N3O. The Morgan fingerprint density at radius 2 is 2.10 bits per heavy atom. The number of rotatable bonds is 2. The summed E-state index contributed by atoms with van der Waals surface area (Å²) in [5.74, 6) is 0.952. The van der Waals surface area contributed by atoms with Gasteiger partial charge in [0.25, 0.3) is 0 Å². The molecule has 3 aliphatic heterocycles. The van der Waals surface area contributed by atoms with Crippen LogP contribution in [0.25, 0.3) is 0 Å². The van der Waals surface area contributed by atoms with Gasteiger partial charge in [-0.1, -0.05) is 0 Å². The number of nitrogens with one attached hydrogen (secondary N) is 1. The Kier molecular flexibility index (Phi) is 3.14. The number of fused-ring (bicyclic) bond motifs is 3. The Labute approximate surface area is 126 Å². The summed E-state index contributed by atoms with van der Waals surface area (Å²) in [5, 5.41) is 3.75. The molecule has 0 aromatic heterocycles. The molecule has 112 valence electrons. The molecule has 0 spiro atoms. The van der Waals surface area contributed by atoms with E-state index in [-0.39, 0.29) is 5.91 Å². The molecule has 2 bridgehead atoms. The van der Waals surface area contributed by atoms with E-state index in [0.29, 0.717) is 6.04 Å². The minimum atomic E-state index is 0.146. The maximum absolute atomic E-state index is 11.6. The zero-order chi connectivity index (χ0) is 14.4. The van der Waals surface area contributed by atoms with E-state index in [1.807, 2.05) is 4.90 Å². The number of hydrogen-bond donors (Lipinski definition) is 1. The molecule has 1 aromatic rings. The second-order valence-electron chi connectivity index (χ2n) is 6.65. The summed E-state index contributed by atoms with van der Waals surface area (Å²) in [6, 6.07) is 7.11. The minimum Gasteiger partial charge on any atom is -0.382 e. The molecule has 3 heterocycles. The zero-order valence-corrected chi connectivity index (χ0v) is 12.6. The van der Waals surface area contributed by atoms with Gasteiger partial charge in [0, 0.05) is 44.0 Å². The first-order valence-corrected chi connectivity index (χ1v) is 8.10. The molecule has 3 aliphatic rings. The predicted molar refractivity (Wildman–Crippen MR) is 84.7 cm³/mol. The molecule has 3 atom stereocenters. The maximum Gasteiger partial charge on any atom is 0.223 e. The van der Waals surface area contributed by atoms with Crippen LogP contribution in [0.4, 0.5) is 11.4 Å². The first-order chi connectivity index (χ1) is 10.2. The van der Waals surface area contributed by atoms with Gasteiger partial charge in [-0.15, -0.1) is 0 Å². The number of piperidine rings is 1. The van der Waals surface area contributed by atoms with E-state index in [9.17, 15) is 4.79 Å². The highest BCUT2D eigenvalue weighted by molar-refractivity contribution is 5.94. The standard InChI is InChI=1S/C17H23N3O/c1-12(21)20-9-5-13-10-15(2-3-17(13)20)18-16-6-8-19-7-4-14(16)11-19/h2-3,10,14,16,18H,4-9,11H2,1H3. The average Bonchev–Trinajstić information content (AvgIpc) is 3.06. The number of anilines is 2. The summed E-state index contributed by atoms with van der Waals surface area (Å²) in [7, 11) is 0. The Morgan fingerprint density at radius 1 is 1.24 bits per heavy atom. The van der Waals surface area contributed by atoms with Gasteiger partial charge >= 0.3 is 0 Å². The van der Waals surface area contributed by atoms with E-state index in [1.54, 1.807) is 6.92 Å². The fourth-order valence-electron chi connectivity index (χ4n) is 4.17. The van der Waals surface area contributed by atoms with Gasteiger partial charge in [0.2, 0.25) is 5.91 Å². The first kappa shape index (κ1) is 13.1. The van der Waals surface area contributed by atoms with Gasteiger partial charge < -0.3 is 15.1 Å². The molecule has 0 saturated carbocycles. The van der Waals surface area contributed by atoms with E-state index >= 15 is 0 Å². The number of amides is 1. The van der Waals surface area contributed by atoms with E-state index in [4.69, 9.17) is 0 Å². The lowest BCUT2D eigenvalue weighted by Crippen LogP contribution is -2.39. The largest absolute Gasteiger partial charge is 0.382 e. The van der Waals surface area contributed by atoms with Gasteiger partial charge in [0.15, 0.2) is 0 Å². The van der Waals surface area contributed by atoms with Crippen LogP contribution in [0, 0.1) is 5.92 Å². The number of carbonyl (C=O) groups is 1. The lowest BCUT2D eigenvalue weighted by molar-refractivity contribution is -0.116. The minimum absolute atomic E-state index is 0.146. The molecule has 1 N–H and O–H groups in total. The van der Waals surface area contributed by atoms with Crippen LogP contribution in [-0.2, 0) is 11.2 Å². The van der Waals surface area contributed by atoms with Gasteiger partial charge in [0.1, 0.15) is 0 Å². The van der Waals surface area contributed by atoms with Crippen molar-refractivity contribution in [2.75, 3.05) is 36.4 Å². The van der Waals surface area contributed by atoms with Crippen LogP contribution in [0.5, 0.6) is 0 Å². The third-order valence-corrected chi connectivity index (χ3v) is 5.34. The molecular weight excluding hydrogens is 262 g/mol. The van der Waals surface area contributed by atoms with Crippen LogP contribution in [0.3, 0.4) is 0 Å². The van der Waals surface area contributed by atoms with Crippen molar-refractivity contribution in [1.82, 2.24) is 4.90 Å². The summed E-state index contributed by atoms with van der Waals surface area (Å²) < 4.78 is 0. The summed E-state index contributed by atoms with van der Waals surface area (Å²) in [6.07, 6.45) is 3.56. The summed E-state index contributed by atoms with van der Waals surface area (Å²) >= 11 is 0. The van der Waals surface area contributed by atoms with Crippen molar-refractivity contribution in [3.8, 4) is 0 Å². The fourth-order valence-corrected chi connectivity index (χ4v) is 4.17. The van der Waals surface area contributed by atoms with Crippen LogP contribution in [-0.4, -0.2) is 43.0 Å². The van der Waals surface area contributed by atoms with Crippen LogP contribution in [0.2, 0.25) is 0 Å². The highest BCUT2D eigenvalue weighted by Crippen LogP contribution is 2.33. The highest BCUT2D eigenvalue weighted by Gasteiger charge is 2.34. The SMILES string of the molecule is CC(=O)N1CCc2cc(NC3CCN4CCC3C4)ccc21. The summed E-state index contributed by atoms with van der Waals surface area (Å²) in [5.41, 5.74) is 3.63. The average molecular weight is 285 g/mol. The molecule has 0 radical (unpaired) electrons.